The third kappa shape index (κ3) is 4.07. The number of ether oxygens (including phenoxy) is 1. The summed E-state index contributed by atoms with van der Waals surface area (Å²) >= 11 is 0. The molecule has 2 heterocycles. The lowest BCUT2D eigenvalue weighted by molar-refractivity contribution is 0.102. The zero-order chi connectivity index (χ0) is 16.9. The lowest BCUT2D eigenvalue weighted by atomic mass is 10.0. The summed E-state index contributed by atoms with van der Waals surface area (Å²) in [4.78, 5) is 20.1. The first-order chi connectivity index (χ1) is 11.6. The van der Waals surface area contributed by atoms with Crippen LogP contribution in [0.5, 0.6) is 0 Å². The molecule has 1 aromatic heterocycles. The van der Waals surface area contributed by atoms with Gasteiger partial charge >= 0.3 is 0 Å². The summed E-state index contributed by atoms with van der Waals surface area (Å²) in [5.41, 5.74) is 7.09. The molecule has 1 aromatic carbocycles. The van der Waals surface area contributed by atoms with Crippen LogP contribution in [-0.2, 0) is 11.2 Å². The van der Waals surface area contributed by atoms with Crippen LogP contribution in [0.1, 0.15) is 22.3 Å². The maximum absolute atomic E-state index is 12.8. The maximum atomic E-state index is 12.8. The van der Waals surface area contributed by atoms with Crippen molar-refractivity contribution in [1.29, 1.82) is 0 Å². The number of carbonyl (C=O) groups is 1. The van der Waals surface area contributed by atoms with E-state index in [9.17, 15) is 9.18 Å². The second-order valence-corrected chi connectivity index (χ2v) is 5.48. The molecular weight excluding hydrogens is 311 g/mol. The van der Waals surface area contributed by atoms with Crippen molar-refractivity contribution in [3.63, 3.8) is 0 Å². The van der Waals surface area contributed by atoms with Crippen molar-refractivity contribution in [1.82, 2.24) is 4.98 Å². The minimum Gasteiger partial charge on any atom is -0.463 e. The van der Waals surface area contributed by atoms with Gasteiger partial charge in [-0.25, -0.2) is 14.4 Å². The Hall–Kier alpha value is -2.96. The van der Waals surface area contributed by atoms with Crippen LogP contribution in [0.4, 0.5) is 10.2 Å². The molecule has 3 rings (SSSR count). The third-order valence-corrected chi connectivity index (χ3v) is 3.68. The summed E-state index contributed by atoms with van der Waals surface area (Å²) in [7, 11) is 0. The number of aliphatic imine (C=N–C) groups is 1. The summed E-state index contributed by atoms with van der Waals surface area (Å²) in [5.74, 6) is -0.430. The van der Waals surface area contributed by atoms with Crippen molar-refractivity contribution in [2.75, 3.05) is 11.9 Å². The van der Waals surface area contributed by atoms with Gasteiger partial charge in [0.2, 0.25) is 0 Å². The monoisotopic (exact) mass is 328 g/mol. The van der Waals surface area contributed by atoms with E-state index in [-0.39, 0.29) is 18.0 Å². The Morgan fingerprint density at radius 3 is 2.71 bits per heavy atom. The van der Waals surface area contributed by atoms with Crippen LogP contribution in [0.25, 0.3) is 0 Å². The number of rotatable bonds is 5. The number of nitrogens with two attached hydrogens (primary N) is 1. The molecule has 24 heavy (non-hydrogen) atoms. The molecule has 0 bridgehead atoms. The maximum Gasteiger partial charge on any atom is 0.282 e. The van der Waals surface area contributed by atoms with E-state index in [1.54, 1.807) is 12.1 Å². The number of amidine groups is 1. The summed E-state index contributed by atoms with van der Waals surface area (Å²) in [6.07, 6.45) is 2.72. The molecule has 7 heteroatoms. The van der Waals surface area contributed by atoms with Crippen molar-refractivity contribution in [3.8, 4) is 0 Å². The Balaban J connectivity index is 1.55. The van der Waals surface area contributed by atoms with Gasteiger partial charge in [0.25, 0.3) is 11.9 Å². The number of carbonyl (C=O) groups excluding carboxylic acids is 1. The van der Waals surface area contributed by atoms with E-state index >= 15 is 0 Å². The average Bonchev–Trinajstić information content (AvgIpc) is 3.01. The van der Waals surface area contributed by atoms with E-state index in [0.717, 1.165) is 24.6 Å². The lowest BCUT2D eigenvalue weighted by Crippen LogP contribution is -2.13. The van der Waals surface area contributed by atoms with Crippen molar-refractivity contribution >= 4 is 17.7 Å². The molecule has 0 aliphatic carbocycles. The summed E-state index contributed by atoms with van der Waals surface area (Å²) in [6.45, 7) is 0.525. The molecule has 1 amide bonds. The number of anilines is 1. The van der Waals surface area contributed by atoms with Gasteiger partial charge in [0, 0.05) is 5.56 Å². The van der Waals surface area contributed by atoms with Gasteiger partial charge in [-0.15, -0.1) is 0 Å². The van der Waals surface area contributed by atoms with Crippen LogP contribution < -0.4 is 11.1 Å². The molecule has 0 saturated carbocycles. The highest BCUT2D eigenvalue weighted by Gasteiger charge is 2.16. The number of pyridine rings is 1. The molecule has 0 saturated heterocycles. The zero-order valence-corrected chi connectivity index (χ0v) is 12.9. The number of amides is 1. The van der Waals surface area contributed by atoms with Gasteiger partial charge in [-0.1, -0.05) is 12.1 Å². The molecule has 0 fully saturated rings. The van der Waals surface area contributed by atoms with E-state index in [4.69, 9.17) is 10.5 Å². The van der Waals surface area contributed by atoms with Crippen LogP contribution in [0.3, 0.4) is 0 Å². The third-order valence-electron chi connectivity index (χ3n) is 3.68. The van der Waals surface area contributed by atoms with Crippen molar-refractivity contribution < 1.29 is 13.9 Å². The number of nitrogens with one attached hydrogen (secondary N) is 1. The minimum absolute atomic E-state index is 0.0949. The van der Waals surface area contributed by atoms with Gasteiger partial charge in [0.1, 0.15) is 18.2 Å². The molecule has 0 radical (unpaired) electrons. The fourth-order valence-corrected chi connectivity index (χ4v) is 2.38. The Kier molecular flexibility index (Phi) is 4.69. The molecule has 124 valence electrons. The number of halogens is 1. The van der Waals surface area contributed by atoms with E-state index in [1.807, 2.05) is 12.1 Å². The molecule has 1 atom stereocenters. The first kappa shape index (κ1) is 15.9. The average molecular weight is 328 g/mol. The van der Waals surface area contributed by atoms with Crippen molar-refractivity contribution in [3.05, 3.63) is 59.5 Å². The fraction of sp³-hybridized carbons (Fsp3) is 0.235. The molecule has 2 aromatic rings. The van der Waals surface area contributed by atoms with Crippen molar-refractivity contribution in [2.45, 2.75) is 18.9 Å². The molecule has 1 aliphatic rings. The first-order valence-electron chi connectivity index (χ1n) is 7.58. The number of hydrogen-bond donors (Lipinski definition) is 2. The number of aromatic nitrogens is 1. The Bertz CT molecular complexity index is 744. The number of benzene rings is 1. The quantitative estimate of drug-likeness (QED) is 0.880. The molecular formula is C17H17FN4O2. The first-order valence-corrected chi connectivity index (χ1v) is 7.58. The highest BCUT2D eigenvalue weighted by Crippen LogP contribution is 2.13. The molecule has 3 N–H and O–H groups in total. The highest BCUT2D eigenvalue weighted by atomic mass is 19.1. The van der Waals surface area contributed by atoms with Gasteiger partial charge in [-0.3, -0.25) is 4.79 Å². The Labute approximate surface area is 138 Å². The van der Waals surface area contributed by atoms with Gasteiger partial charge in [-0.05, 0) is 42.7 Å². The number of aryl methyl sites for hydroxylation is 1. The molecule has 6 nitrogen and oxygen atoms in total. The van der Waals surface area contributed by atoms with Crippen molar-refractivity contribution in [2.24, 2.45) is 10.7 Å². The number of nitrogens with zero attached hydrogens (tertiary/aromatic N) is 2. The van der Waals surface area contributed by atoms with Gasteiger partial charge in [-0.2, -0.15) is 0 Å². The molecule has 1 aliphatic heterocycles. The van der Waals surface area contributed by atoms with Gasteiger partial charge in [0.05, 0.1) is 12.2 Å². The van der Waals surface area contributed by atoms with Crippen LogP contribution in [0, 0.1) is 5.82 Å². The zero-order valence-electron chi connectivity index (χ0n) is 12.9. The van der Waals surface area contributed by atoms with Crippen LogP contribution >= 0.6 is 0 Å². The van der Waals surface area contributed by atoms with Crippen LogP contribution in [0.2, 0.25) is 0 Å². The van der Waals surface area contributed by atoms with E-state index < -0.39 is 5.82 Å². The smallest absolute Gasteiger partial charge is 0.282 e. The topological polar surface area (TPSA) is 89.6 Å². The Morgan fingerprint density at radius 2 is 2.08 bits per heavy atom. The normalized spacial score (nSPS) is 16.4. The van der Waals surface area contributed by atoms with E-state index in [1.165, 1.54) is 12.1 Å². The molecule has 0 spiro atoms. The fourth-order valence-electron chi connectivity index (χ4n) is 2.38. The second-order valence-electron chi connectivity index (χ2n) is 5.48. The summed E-state index contributed by atoms with van der Waals surface area (Å²) in [6, 6.07) is 10.3. The summed E-state index contributed by atoms with van der Waals surface area (Å²) < 4.78 is 17.9. The largest absolute Gasteiger partial charge is 0.463 e. The second kappa shape index (κ2) is 7.08. The highest BCUT2D eigenvalue weighted by molar-refractivity contribution is 6.03. The Morgan fingerprint density at radius 1 is 1.29 bits per heavy atom. The summed E-state index contributed by atoms with van der Waals surface area (Å²) in [5, 5.41) is 2.62. The standard InChI is InChI=1S/C17H17FN4O2/c18-13-6-8-15(20-9-13)22-16(23)12-4-1-11(2-5-12)3-7-14-10-24-17(19)21-14/h1-2,4-6,8-9,14H,3,7,10H2,(H2,19,21)(H,20,22,23). The SMILES string of the molecule is NC1=NC(CCc2ccc(C(=O)Nc3ccc(F)cn3)cc2)CO1. The van der Waals surface area contributed by atoms with E-state index in [0.29, 0.717) is 18.0 Å². The van der Waals surface area contributed by atoms with Crippen LogP contribution in [-0.4, -0.2) is 29.6 Å². The minimum atomic E-state index is -0.448. The van der Waals surface area contributed by atoms with Gasteiger partial charge in [0.15, 0.2) is 0 Å². The predicted molar refractivity (Wildman–Crippen MR) is 88.3 cm³/mol. The lowest BCUT2D eigenvalue weighted by Gasteiger charge is -2.07. The van der Waals surface area contributed by atoms with Crippen LogP contribution in [0.15, 0.2) is 47.6 Å². The van der Waals surface area contributed by atoms with Gasteiger partial charge < -0.3 is 15.8 Å². The predicted octanol–water partition coefficient (Wildman–Crippen LogP) is 2.12. The molecule has 1 unspecified atom stereocenters. The van der Waals surface area contributed by atoms with E-state index in [2.05, 4.69) is 15.3 Å². The number of hydrogen-bond acceptors (Lipinski definition) is 5.